The van der Waals surface area contributed by atoms with E-state index in [9.17, 15) is 4.79 Å². The van der Waals surface area contributed by atoms with Gasteiger partial charge in [-0.15, -0.1) is 0 Å². The summed E-state index contributed by atoms with van der Waals surface area (Å²) in [6, 6.07) is 17.8. The van der Waals surface area contributed by atoms with Crippen LogP contribution in [0.2, 0.25) is 0 Å². The van der Waals surface area contributed by atoms with E-state index in [0.717, 1.165) is 27.4 Å². The van der Waals surface area contributed by atoms with Crippen LogP contribution in [0.1, 0.15) is 11.3 Å². The molecule has 0 unspecified atom stereocenters. The summed E-state index contributed by atoms with van der Waals surface area (Å²) in [7, 11) is 0. The lowest BCUT2D eigenvalue weighted by molar-refractivity contribution is 1.06. The van der Waals surface area contributed by atoms with Gasteiger partial charge in [0.05, 0.1) is 0 Å². The fourth-order valence-corrected chi connectivity index (χ4v) is 2.45. The molecule has 0 saturated carbocycles. The zero-order valence-electron chi connectivity index (χ0n) is 10.2. The fourth-order valence-electron chi connectivity index (χ4n) is 2.18. The van der Waals surface area contributed by atoms with E-state index in [0.29, 0.717) is 0 Å². The van der Waals surface area contributed by atoms with Gasteiger partial charge in [0, 0.05) is 22.0 Å². The van der Waals surface area contributed by atoms with Gasteiger partial charge in [-0.3, -0.25) is 4.79 Å². The Balaban J connectivity index is 2.01. The monoisotopic (exact) mass is 313 g/mol. The standard InChI is InChI=1S/C16H12BrNO/c17-13-7-5-11(6-8-13)9-14-10-12-3-1-2-4-15(12)16(19)18-14/h1-8,10H,9H2,(H,18,19). The highest BCUT2D eigenvalue weighted by Crippen LogP contribution is 2.15. The van der Waals surface area contributed by atoms with Gasteiger partial charge >= 0.3 is 0 Å². The van der Waals surface area contributed by atoms with E-state index in [-0.39, 0.29) is 5.56 Å². The van der Waals surface area contributed by atoms with Gasteiger partial charge in [-0.05, 0) is 35.2 Å². The van der Waals surface area contributed by atoms with Gasteiger partial charge in [0.25, 0.3) is 5.56 Å². The van der Waals surface area contributed by atoms with E-state index in [2.05, 4.69) is 33.0 Å². The summed E-state index contributed by atoms with van der Waals surface area (Å²) < 4.78 is 1.06. The summed E-state index contributed by atoms with van der Waals surface area (Å²) >= 11 is 3.42. The van der Waals surface area contributed by atoms with Crippen LogP contribution < -0.4 is 5.56 Å². The topological polar surface area (TPSA) is 32.9 Å². The van der Waals surface area contributed by atoms with Gasteiger partial charge in [-0.2, -0.15) is 0 Å². The predicted molar refractivity (Wildman–Crippen MR) is 81.5 cm³/mol. The summed E-state index contributed by atoms with van der Waals surface area (Å²) in [5, 5.41) is 1.72. The van der Waals surface area contributed by atoms with Crippen molar-refractivity contribution >= 4 is 26.7 Å². The lowest BCUT2D eigenvalue weighted by Crippen LogP contribution is -2.09. The summed E-state index contributed by atoms with van der Waals surface area (Å²) in [5.74, 6) is 0. The number of benzene rings is 2. The Morgan fingerprint density at radius 2 is 1.74 bits per heavy atom. The molecule has 1 heterocycles. The Morgan fingerprint density at radius 3 is 2.53 bits per heavy atom. The van der Waals surface area contributed by atoms with Gasteiger partial charge in [0.15, 0.2) is 0 Å². The molecule has 94 valence electrons. The number of halogens is 1. The Kier molecular flexibility index (Phi) is 3.22. The minimum absolute atomic E-state index is 0.0230. The van der Waals surface area contributed by atoms with Crippen LogP contribution >= 0.6 is 15.9 Å². The average Bonchev–Trinajstić information content (AvgIpc) is 2.42. The number of aromatic amines is 1. The first-order valence-electron chi connectivity index (χ1n) is 6.08. The number of hydrogen-bond donors (Lipinski definition) is 1. The molecular formula is C16H12BrNO. The zero-order valence-corrected chi connectivity index (χ0v) is 11.8. The van der Waals surface area contributed by atoms with Gasteiger partial charge in [0.1, 0.15) is 0 Å². The van der Waals surface area contributed by atoms with Crippen molar-refractivity contribution in [3.05, 3.63) is 80.7 Å². The minimum atomic E-state index is -0.0230. The summed E-state index contributed by atoms with van der Waals surface area (Å²) in [4.78, 5) is 14.9. The van der Waals surface area contributed by atoms with Crippen molar-refractivity contribution in [3.63, 3.8) is 0 Å². The van der Waals surface area contributed by atoms with E-state index in [4.69, 9.17) is 0 Å². The molecule has 0 saturated heterocycles. The molecule has 0 fully saturated rings. The van der Waals surface area contributed by atoms with E-state index in [1.54, 1.807) is 0 Å². The van der Waals surface area contributed by atoms with Gasteiger partial charge in [0.2, 0.25) is 0 Å². The number of nitrogens with one attached hydrogen (secondary N) is 1. The van der Waals surface area contributed by atoms with Crippen LogP contribution in [0.3, 0.4) is 0 Å². The molecule has 3 aromatic rings. The lowest BCUT2D eigenvalue weighted by Gasteiger charge is -2.04. The van der Waals surface area contributed by atoms with Crippen LogP contribution in [-0.2, 0) is 6.42 Å². The molecule has 0 aliphatic heterocycles. The van der Waals surface area contributed by atoms with Crippen LogP contribution in [-0.4, -0.2) is 4.98 Å². The van der Waals surface area contributed by atoms with Crippen LogP contribution in [0.4, 0.5) is 0 Å². The van der Waals surface area contributed by atoms with Crippen molar-refractivity contribution in [2.24, 2.45) is 0 Å². The van der Waals surface area contributed by atoms with Crippen molar-refractivity contribution in [1.29, 1.82) is 0 Å². The first-order chi connectivity index (χ1) is 9.22. The molecule has 0 aliphatic rings. The van der Waals surface area contributed by atoms with Crippen molar-refractivity contribution in [3.8, 4) is 0 Å². The molecule has 1 aromatic heterocycles. The smallest absolute Gasteiger partial charge is 0.256 e. The summed E-state index contributed by atoms with van der Waals surface area (Å²) in [6.45, 7) is 0. The molecule has 0 spiro atoms. The Hall–Kier alpha value is -1.87. The number of rotatable bonds is 2. The highest BCUT2D eigenvalue weighted by atomic mass is 79.9. The first kappa shape index (κ1) is 12.2. The lowest BCUT2D eigenvalue weighted by atomic mass is 10.1. The molecule has 2 aromatic carbocycles. The molecule has 0 atom stereocenters. The molecule has 0 bridgehead atoms. The maximum atomic E-state index is 12.0. The van der Waals surface area contributed by atoms with E-state index in [1.165, 1.54) is 5.56 Å². The van der Waals surface area contributed by atoms with Crippen molar-refractivity contribution in [2.75, 3.05) is 0 Å². The summed E-state index contributed by atoms with van der Waals surface area (Å²) in [6.07, 6.45) is 0.730. The third-order valence-corrected chi connectivity index (χ3v) is 3.65. The second-order valence-corrected chi connectivity index (χ2v) is 5.43. The number of aromatic nitrogens is 1. The van der Waals surface area contributed by atoms with Crippen LogP contribution in [0.5, 0.6) is 0 Å². The molecule has 2 nitrogen and oxygen atoms in total. The molecule has 0 aliphatic carbocycles. The van der Waals surface area contributed by atoms with E-state index in [1.807, 2.05) is 42.5 Å². The van der Waals surface area contributed by atoms with Gasteiger partial charge < -0.3 is 4.98 Å². The van der Waals surface area contributed by atoms with E-state index >= 15 is 0 Å². The Morgan fingerprint density at radius 1 is 1.00 bits per heavy atom. The number of fused-ring (bicyclic) bond motifs is 1. The number of hydrogen-bond acceptors (Lipinski definition) is 1. The third-order valence-electron chi connectivity index (χ3n) is 3.12. The molecule has 0 radical (unpaired) electrons. The van der Waals surface area contributed by atoms with Crippen molar-refractivity contribution in [2.45, 2.75) is 6.42 Å². The molecular weight excluding hydrogens is 302 g/mol. The maximum absolute atomic E-state index is 12.0. The zero-order chi connectivity index (χ0) is 13.2. The minimum Gasteiger partial charge on any atom is -0.325 e. The fraction of sp³-hybridized carbons (Fsp3) is 0.0625. The number of H-pyrrole nitrogens is 1. The SMILES string of the molecule is O=c1[nH]c(Cc2ccc(Br)cc2)cc2ccccc12. The quantitative estimate of drug-likeness (QED) is 0.765. The van der Waals surface area contributed by atoms with Crippen molar-refractivity contribution < 1.29 is 0 Å². The molecule has 3 rings (SSSR count). The first-order valence-corrected chi connectivity index (χ1v) is 6.87. The van der Waals surface area contributed by atoms with E-state index < -0.39 is 0 Å². The van der Waals surface area contributed by atoms with Gasteiger partial charge in [-0.25, -0.2) is 0 Å². The highest BCUT2D eigenvalue weighted by Gasteiger charge is 2.02. The second-order valence-electron chi connectivity index (χ2n) is 4.51. The third kappa shape index (κ3) is 2.61. The van der Waals surface area contributed by atoms with Crippen LogP contribution in [0.15, 0.2) is 63.9 Å². The maximum Gasteiger partial charge on any atom is 0.256 e. The van der Waals surface area contributed by atoms with Crippen LogP contribution in [0, 0.1) is 0 Å². The number of pyridine rings is 1. The Labute approximate surface area is 119 Å². The Bertz CT molecular complexity index is 775. The van der Waals surface area contributed by atoms with Crippen molar-refractivity contribution in [1.82, 2.24) is 4.98 Å². The normalized spacial score (nSPS) is 10.8. The molecule has 0 amide bonds. The summed E-state index contributed by atoms with van der Waals surface area (Å²) in [5.41, 5.74) is 2.09. The van der Waals surface area contributed by atoms with Gasteiger partial charge in [-0.1, -0.05) is 46.3 Å². The second kappa shape index (κ2) is 5.02. The molecule has 3 heteroatoms. The van der Waals surface area contributed by atoms with Crippen LogP contribution in [0.25, 0.3) is 10.8 Å². The molecule has 19 heavy (non-hydrogen) atoms. The largest absolute Gasteiger partial charge is 0.325 e. The predicted octanol–water partition coefficient (Wildman–Crippen LogP) is 3.88. The average molecular weight is 314 g/mol. The highest BCUT2D eigenvalue weighted by molar-refractivity contribution is 9.10. The molecule has 1 N–H and O–H groups in total.